The monoisotopic (exact) mass is 695 g/mol. The minimum atomic E-state index is -0.749. The Hall–Kier alpha value is -5.30. The molecule has 0 aromatic heterocycles. The van der Waals surface area contributed by atoms with Crippen molar-refractivity contribution in [3.05, 3.63) is 82.4 Å². The molecule has 0 aliphatic carbocycles. The van der Waals surface area contributed by atoms with Crippen LogP contribution in [-0.2, 0) is 25.6 Å². The van der Waals surface area contributed by atoms with Gasteiger partial charge in [0.15, 0.2) is 24.7 Å². The summed E-state index contributed by atoms with van der Waals surface area (Å²) in [5, 5.41) is 19.4. The third-order valence-electron chi connectivity index (χ3n) is 6.21. The van der Waals surface area contributed by atoms with Crippen LogP contribution in [0.5, 0.6) is 11.5 Å². The number of halogens is 1. The Bertz CT molecular complexity index is 1680. The van der Waals surface area contributed by atoms with Crippen LogP contribution in [0.25, 0.3) is 0 Å². The fraction of sp³-hybridized carbons (Fsp3) is 0.343. The maximum atomic E-state index is 13.4. The van der Waals surface area contributed by atoms with Gasteiger partial charge in [-0.3, -0.25) is 20.3 Å². The lowest BCUT2D eigenvalue weighted by atomic mass is 10.1. The van der Waals surface area contributed by atoms with Gasteiger partial charge in [0.25, 0.3) is 11.8 Å². The van der Waals surface area contributed by atoms with Gasteiger partial charge in [-0.2, -0.15) is 0 Å². The number of nitrogens with one attached hydrogen (secondary N) is 5. The lowest BCUT2D eigenvalue weighted by molar-refractivity contribution is -0.157. The Labute approximate surface area is 290 Å². The Morgan fingerprint density at radius 1 is 0.837 bits per heavy atom. The minimum absolute atomic E-state index is 0.129. The minimum Gasteiger partial charge on any atom is -0.480 e. The van der Waals surface area contributed by atoms with E-state index < -0.39 is 35.8 Å². The molecule has 0 aliphatic heterocycles. The summed E-state index contributed by atoms with van der Waals surface area (Å²) in [4.78, 5) is 49.7. The number of esters is 1. The van der Waals surface area contributed by atoms with Crippen molar-refractivity contribution in [1.82, 2.24) is 10.6 Å². The van der Waals surface area contributed by atoms with Crippen LogP contribution < -0.4 is 30.7 Å². The molecule has 3 aromatic carbocycles. The van der Waals surface area contributed by atoms with E-state index >= 15 is 0 Å². The molecule has 0 fully saturated rings. The molecule has 0 radical (unpaired) electrons. The van der Waals surface area contributed by atoms with Crippen molar-refractivity contribution in [2.75, 3.05) is 30.9 Å². The van der Waals surface area contributed by atoms with Crippen molar-refractivity contribution in [2.24, 2.45) is 0 Å². The van der Waals surface area contributed by atoms with Gasteiger partial charge >= 0.3 is 12.1 Å². The van der Waals surface area contributed by atoms with Crippen LogP contribution >= 0.6 is 11.6 Å². The predicted molar refractivity (Wildman–Crippen MR) is 187 cm³/mol. The van der Waals surface area contributed by atoms with Crippen LogP contribution in [0.2, 0.25) is 5.02 Å². The molecular formula is C35H42ClN5O8. The molecule has 13 nitrogen and oxygen atoms in total. The highest BCUT2D eigenvalue weighted by Gasteiger charge is 2.21. The van der Waals surface area contributed by atoms with Crippen molar-refractivity contribution in [2.45, 2.75) is 59.3 Å². The SMILES string of the molecule is CNC(=O)COc1cccc(CNc2ccc(Cl)cc2C(=O)Nc2ccc(C(=N)NC(=O)OC(C)(C)C)cc2)c1OCC(=O)OC(C)(C)C. The van der Waals surface area contributed by atoms with Crippen LogP contribution in [-0.4, -0.2) is 61.2 Å². The van der Waals surface area contributed by atoms with Crippen molar-refractivity contribution < 1.29 is 38.1 Å². The second kappa shape index (κ2) is 16.7. The second-order valence-electron chi connectivity index (χ2n) is 12.7. The second-order valence-corrected chi connectivity index (χ2v) is 13.1. The van der Waals surface area contributed by atoms with Crippen LogP contribution in [0.4, 0.5) is 16.2 Å². The molecule has 0 aliphatic rings. The number of likely N-dealkylation sites (N-methyl/N-ethyl adjacent to an activating group) is 1. The molecule has 0 unspecified atom stereocenters. The molecule has 3 amide bonds. The Balaban J connectivity index is 1.77. The summed E-state index contributed by atoms with van der Waals surface area (Å²) in [5.41, 5.74) is 0.656. The summed E-state index contributed by atoms with van der Waals surface area (Å²) in [6, 6.07) is 16.2. The van der Waals surface area contributed by atoms with Crippen molar-refractivity contribution >= 4 is 52.7 Å². The van der Waals surface area contributed by atoms with E-state index in [2.05, 4.69) is 21.3 Å². The zero-order valence-electron chi connectivity index (χ0n) is 28.5. The Kier molecular flexibility index (Phi) is 13.0. The normalized spacial score (nSPS) is 11.1. The number of amides is 3. The fourth-order valence-corrected chi connectivity index (χ4v) is 4.31. The average Bonchev–Trinajstić information content (AvgIpc) is 3.00. The molecular weight excluding hydrogens is 654 g/mol. The molecule has 0 atom stereocenters. The van der Waals surface area contributed by atoms with Crippen LogP contribution in [0, 0.1) is 5.41 Å². The van der Waals surface area contributed by atoms with E-state index in [1.54, 1.807) is 96.1 Å². The molecule has 0 spiro atoms. The smallest absolute Gasteiger partial charge is 0.413 e. The largest absolute Gasteiger partial charge is 0.480 e. The molecule has 5 N–H and O–H groups in total. The first kappa shape index (κ1) is 38.2. The number of benzene rings is 3. The molecule has 49 heavy (non-hydrogen) atoms. The van der Waals surface area contributed by atoms with E-state index in [1.807, 2.05) is 0 Å². The number of hydrogen-bond acceptors (Lipinski definition) is 10. The third kappa shape index (κ3) is 12.7. The number of carbonyl (C=O) groups is 4. The number of hydrogen-bond donors (Lipinski definition) is 5. The van der Waals surface area contributed by atoms with Crippen molar-refractivity contribution in [3.8, 4) is 11.5 Å². The first-order valence-corrected chi connectivity index (χ1v) is 15.7. The van der Waals surface area contributed by atoms with Gasteiger partial charge in [0.2, 0.25) is 0 Å². The predicted octanol–water partition coefficient (Wildman–Crippen LogP) is 5.90. The summed E-state index contributed by atoms with van der Waals surface area (Å²) >= 11 is 6.26. The number of amidine groups is 1. The van der Waals surface area contributed by atoms with Crippen LogP contribution in [0.15, 0.2) is 60.7 Å². The average molecular weight is 696 g/mol. The first-order chi connectivity index (χ1) is 22.9. The standard InChI is InChI=1S/C35H42ClN5O8/c1-34(2,3)48-29(43)20-47-30-22(9-8-10-27(30)46-19-28(42)38-7)18-39-26-16-13-23(36)17-25(26)32(44)40-24-14-11-21(12-15-24)31(37)41-33(45)49-35(4,5)6/h8-17,39H,18-20H2,1-7H3,(H,38,42)(H,40,44)(H2,37,41,45). The Morgan fingerprint density at radius 2 is 1.51 bits per heavy atom. The lowest BCUT2D eigenvalue weighted by Gasteiger charge is -2.21. The summed E-state index contributed by atoms with van der Waals surface area (Å²) in [6.07, 6.45) is -0.749. The van der Waals surface area contributed by atoms with E-state index in [0.29, 0.717) is 27.5 Å². The topological polar surface area (TPSA) is 177 Å². The van der Waals surface area contributed by atoms with Crippen LogP contribution in [0.3, 0.4) is 0 Å². The highest BCUT2D eigenvalue weighted by atomic mass is 35.5. The van der Waals surface area contributed by atoms with E-state index in [1.165, 1.54) is 13.1 Å². The molecule has 3 rings (SSSR count). The van der Waals surface area contributed by atoms with Gasteiger partial charge in [-0.1, -0.05) is 23.7 Å². The molecule has 0 heterocycles. The van der Waals surface area contributed by atoms with Gasteiger partial charge < -0.3 is 34.9 Å². The van der Waals surface area contributed by atoms with Crippen molar-refractivity contribution in [1.29, 1.82) is 5.41 Å². The number of rotatable bonds is 12. The third-order valence-corrected chi connectivity index (χ3v) is 6.44. The van der Waals surface area contributed by atoms with E-state index in [4.69, 9.17) is 36.0 Å². The van der Waals surface area contributed by atoms with E-state index in [-0.39, 0.29) is 42.0 Å². The summed E-state index contributed by atoms with van der Waals surface area (Å²) in [7, 11) is 1.49. The highest BCUT2D eigenvalue weighted by Crippen LogP contribution is 2.33. The van der Waals surface area contributed by atoms with Gasteiger partial charge in [0.05, 0.1) is 5.56 Å². The van der Waals surface area contributed by atoms with E-state index in [0.717, 1.165) is 0 Å². The van der Waals surface area contributed by atoms with Gasteiger partial charge in [-0.05, 0) is 90.1 Å². The van der Waals surface area contributed by atoms with Gasteiger partial charge in [0.1, 0.15) is 17.0 Å². The molecule has 0 saturated carbocycles. The quantitative estimate of drug-likeness (QED) is 0.0877. The summed E-state index contributed by atoms with van der Waals surface area (Å²) < 4.78 is 22.1. The van der Waals surface area contributed by atoms with Gasteiger partial charge in [0, 0.05) is 41.1 Å². The molecule has 3 aromatic rings. The fourth-order valence-electron chi connectivity index (χ4n) is 4.14. The van der Waals surface area contributed by atoms with E-state index in [9.17, 15) is 19.2 Å². The summed E-state index contributed by atoms with van der Waals surface area (Å²) in [5.74, 6) is -1.12. The number of anilines is 2. The number of carbonyl (C=O) groups excluding carboxylic acids is 4. The number of para-hydroxylation sites is 1. The molecule has 0 bridgehead atoms. The Morgan fingerprint density at radius 3 is 2.14 bits per heavy atom. The van der Waals surface area contributed by atoms with Gasteiger partial charge in [-0.25, -0.2) is 9.59 Å². The molecule has 262 valence electrons. The maximum Gasteiger partial charge on any atom is 0.413 e. The van der Waals surface area contributed by atoms with Crippen LogP contribution in [0.1, 0.15) is 63.0 Å². The highest BCUT2D eigenvalue weighted by molar-refractivity contribution is 6.31. The van der Waals surface area contributed by atoms with Crippen molar-refractivity contribution in [3.63, 3.8) is 0 Å². The first-order valence-electron chi connectivity index (χ1n) is 15.3. The molecule has 14 heteroatoms. The lowest BCUT2D eigenvalue weighted by Crippen LogP contribution is -2.36. The molecule has 0 saturated heterocycles. The number of ether oxygens (including phenoxy) is 4. The summed E-state index contributed by atoms with van der Waals surface area (Å²) in [6.45, 7) is 9.84. The van der Waals surface area contributed by atoms with Gasteiger partial charge in [-0.15, -0.1) is 0 Å². The number of alkyl carbamates (subject to hydrolysis) is 1. The maximum absolute atomic E-state index is 13.4. The zero-order chi connectivity index (χ0) is 36.4. The zero-order valence-corrected chi connectivity index (χ0v) is 29.3.